The Kier molecular flexibility index (Phi) is 7.39. The minimum Gasteiger partial charge on any atom is -0.497 e. The number of para-hydroxylation sites is 2. The molecule has 3 heterocycles. The van der Waals surface area contributed by atoms with Crippen LogP contribution in [0, 0.1) is 5.92 Å². The van der Waals surface area contributed by atoms with Gasteiger partial charge in [0.15, 0.2) is 5.82 Å². The molecule has 2 aliphatic rings. The largest absolute Gasteiger partial charge is 0.497 e. The van der Waals surface area contributed by atoms with E-state index in [1.807, 2.05) is 41.3 Å². The molecule has 0 bridgehead atoms. The van der Waals surface area contributed by atoms with E-state index in [9.17, 15) is 4.79 Å². The number of amides is 1. The van der Waals surface area contributed by atoms with Gasteiger partial charge in [0.25, 0.3) is 5.88 Å². The van der Waals surface area contributed by atoms with Crippen molar-refractivity contribution in [2.75, 3.05) is 62.8 Å². The third-order valence-corrected chi connectivity index (χ3v) is 7.14. The molecule has 8 nitrogen and oxygen atoms in total. The smallest absolute Gasteiger partial charge is 0.258 e. The first kappa shape index (κ1) is 24.2. The number of methoxy groups -OCH3 is 1. The van der Waals surface area contributed by atoms with Crippen LogP contribution in [0.5, 0.6) is 11.6 Å². The van der Waals surface area contributed by atoms with Crippen molar-refractivity contribution in [3.8, 4) is 11.6 Å². The summed E-state index contributed by atoms with van der Waals surface area (Å²) in [7, 11) is 1.68. The van der Waals surface area contributed by atoms with Gasteiger partial charge in [0.05, 0.1) is 24.8 Å². The Morgan fingerprint density at radius 3 is 2.19 bits per heavy atom. The molecule has 0 spiro atoms. The van der Waals surface area contributed by atoms with E-state index in [0.717, 1.165) is 81.1 Å². The van der Waals surface area contributed by atoms with Crippen molar-refractivity contribution in [3.63, 3.8) is 0 Å². The number of piperidine rings is 1. The van der Waals surface area contributed by atoms with Gasteiger partial charge in [-0.25, -0.2) is 9.97 Å². The Morgan fingerprint density at radius 1 is 0.889 bits per heavy atom. The van der Waals surface area contributed by atoms with Crippen molar-refractivity contribution in [3.05, 3.63) is 48.5 Å². The van der Waals surface area contributed by atoms with Crippen molar-refractivity contribution in [1.29, 1.82) is 0 Å². The first-order valence-electron chi connectivity index (χ1n) is 13.0. The Morgan fingerprint density at radius 2 is 1.56 bits per heavy atom. The van der Waals surface area contributed by atoms with Crippen LogP contribution in [-0.2, 0) is 4.79 Å². The molecule has 0 atom stereocenters. The van der Waals surface area contributed by atoms with Gasteiger partial charge >= 0.3 is 0 Å². The van der Waals surface area contributed by atoms with Gasteiger partial charge in [0, 0.05) is 50.9 Å². The zero-order valence-corrected chi connectivity index (χ0v) is 21.2. The van der Waals surface area contributed by atoms with E-state index < -0.39 is 0 Å². The summed E-state index contributed by atoms with van der Waals surface area (Å²) in [6, 6.07) is 16.0. The van der Waals surface area contributed by atoms with Crippen molar-refractivity contribution in [2.45, 2.75) is 26.2 Å². The quantitative estimate of drug-likeness (QED) is 0.497. The number of ether oxygens (including phenoxy) is 2. The molecule has 1 aromatic heterocycles. The monoisotopic (exact) mass is 489 g/mol. The second kappa shape index (κ2) is 11.0. The summed E-state index contributed by atoms with van der Waals surface area (Å²) >= 11 is 0. The number of aromatic nitrogens is 2. The highest BCUT2D eigenvalue weighted by molar-refractivity contribution is 5.80. The molecule has 2 fully saturated rings. The Balaban J connectivity index is 1.19. The Hall–Kier alpha value is -3.55. The molecule has 0 N–H and O–H groups in total. The summed E-state index contributed by atoms with van der Waals surface area (Å²) in [6.07, 6.45) is 2.55. The minimum atomic E-state index is 0.0576. The normalized spacial score (nSPS) is 16.9. The third kappa shape index (κ3) is 5.17. The molecule has 2 saturated heterocycles. The maximum absolute atomic E-state index is 13.3. The van der Waals surface area contributed by atoms with Crippen molar-refractivity contribution >= 4 is 28.4 Å². The molecule has 190 valence electrons. The van der Waals surface area contributed by atoms with Gasteiger partial charge in [0.2, 0.25) is 5.91 Å². The number of anilines is 2. The molecule has 2 aliphatic heterocycles. The molecule has 8 heteroatoms. The summed E-state index contributed by atoms with van der Waals surface area (Å²) in [6.45, 7) is 7.46. The number of rotatable bonds is 7. The van der Waals surface area contributed by atoms with Crippen LogP contribution >= 0.6 is 0 Å². The maximum atomic E-state index is 13.3. The fourth-order valence-corrected chi connectivity index (χ4v) is 5.05. The number of nitrogens with zero attached hydrogens (tertiary/aromatic N) is 5. The number of hydrogen-bond acceptors (Lipinski definition) is 7. The molecule has 1 amide bonds. The lowest BCUT2D eigenvalue weighted by Gasteiger charge is -2.39. The number of benzene rings is 2. The van der Waals surface area contributed by atoms with E-state index >= 15 is 0 Å². The molecule has 2 aromatic carbocycles. The standard InChI is InChI=1S/C28H35N5O3/c1-3-20-36-27-26(29-24-6-4-5-7-25(24)30-27)32-14-12-21(13-15-32)28(34)33-18-16-31(17-19-33)22-8-10-23(35-2)11-9-22/h4-11,21H,3,12-20H2,1-2H3. The Labute approximate surface area is 212 Å². The van der Waals surface area contributed by atoms with Gasteiger partial charge in [-0.15, -0.1) is 0 Å². The van der Waals surface area contributed by atoms with E-state index in [-0.39, 0.29) is 11.8 Å². The zero-order chi connectivity index (χ0) is 24.9. The van der Waals surface area contributed by atoms with Crippen LogP contribution in [0.3, 0.4) is 0 Å². The highest BCUT2D eigenvalue weighted by Crippen LogP contribution is 2.31. The van der Waals surface area contributed by atoms with Crippen LogP contribution in [0.15, 0.2) is 48.5 Å². The summed E-state index contributed by atoms with van der Waals surface area (Å²) in [5, 5.41) is 0. The van der Waals surface area contributed by atoms with Gasteiger partial charge in [0.1, 0.15) is 5.75 Å². The second-order valence-corrected chi connectivity index (χ2v) is 9.46. The van der Waals surface area contributed by atoms with Crippen LogP contribution in [0.1, 0.15) is 26.2 Å². The summed E-state index contributed by atoms with van der Waals surface area (Å²) in [5.41, 5.74) is 2.88. The number of piperazine rings is 1. The second-order valence-electron chi connectivity index (χ2n) is 9.46. The van der Waals surface area contributed by atoms with Crippen LogP contribution in [-0.4, -0.2) is 73.8 Å². The van der Waals surface area contributed by atoms with Crippen molar-refractivity contribution in [2.24, 2.45) is 5.92 Å². The minimum absolute atomic E-state index is 0.0576. The topological polar surface area (TPSA) is 71.0 Å². The molecule has 0 saturated carbocycles. The molecular formula is C28H35N5O3. The van der Waals surface area contributed by atoms with Gasteiger partial charge < -0.3 is 24.2 Å². The predicted molar refractivity (Wildman–Crippen MR) is 142 cm³/mol. The van der Waals surface area contributed by atoms with E-state index in [0.29, 0.717) is 12.5 Å². The van der Waals surface area contributed by atoms with E-state index in [1.54, 1.807) is 7.11 Å². The van der Waals surface area contributed by atoms with E-state index in [4.69, 9.17) is 19.4 Å². The summed E-state index contributed by atoms with van der Waals surface area (Å²) in [4.78, 5) is 29.6. The molecule has 36 heavy (non-hydrogen) atoms. The van der Waals surface area contributed by atoms with Crippen molar-refractivity contribution in [1.82, 2.24) is 14.9 Å². The van der Waals surface area contributed by atoms with Gasteiger partial charge in [-0.3, -0.25) is 4.79 Å². The molecule has 0 unspecified atom stereocenters. The van der Waals surface area contributed by atoms with Crippen LogP contribution < -0.4 is 19.3 Å². The molecule has 0 aliphatic carbocycles. The first-order chi connectivity index (χ1) is 17.7. The summed E-state index contributed by atoms with van der Waals surface area (Å²) in [5.74, 6) is 2.59. The highest BCUT2D eigenvalue weighted by atomic mass is 16.5. The molecule has 3 aromatic rings. The fourth-order valence-electron chi connectivity index (χ4n) is 5.05. The van der Waals surface area contributed by atoms with Gasteiger partial charge in [-0.05, 0) is 55.7 Å². The molecule has 5 rings (SSSR count). The summed E-state index contributed by atoms with van der Waals surface area (Å²) < 4.78 is 11.2. The average molecular weight is 490 g/mol. The Bertz CT molecular complexity index is 1170. The number of hydrogen-bond donors (Lipinski definition) is 0. The lowest BCUT2D eigenvalue weighted by molar-refractivity contribution is -0.136. The molecule has 0 radical (unpaired) electrons. The molecular weight excluding hydrogens is 454 g/mol. The SMILES string of the molecule is CCCOc1nc2ccccc2nc1N1CCC(C(=O)N2CCN(c3ccc(OC)cc3)CC2)CC1. The predicted octanol–water partition coefficient (Wildman–Crippen LogP) is 3.99. The van der Waals surface area contributed by atoms with Crippen molar-refractivity contribution < 1.29 is 14.3 Å². The van der Waals surface area contributed by atoms with Gasteiger partial charge in [-0.1, -0.05) is 19.1 Å². The third-order valence-electron chi connectivity index (χ3n) is 7.14. The van der Waals surface area contributed by atoms with Crippen LogP contribution in [0.25, 0.3) is 11.0 Å². The number of carbonyl (C=O) groups excluding carboxylic acids is 1. The average Bonchev–Trinajstić information content (AvgIpc) is 2.95. The lowest BCUT2D eigenvalue weighted by Crippen LogP contribution is -2.51. The lowest BCUT2D eigenvalue weighted by atomic mass is 9.95. The first-order valence-corrected chi connectivity index (χ1v) is 13.0. The highest BCUT2D eigenvalue weighted by Gasteiger charge is 2.32. The van der Waals surface area contributed by atoms with E-state index in [1.165, 1.54) is 5.69 Å². The van der Waals surface area contributed by atoms with Gasteiger partial charge in [-0.2, -0.15) is 0 Å². The number of fused-ring (bicyclic) bond motifs is 1. The number of carbonyl (C=O) groups is 1. The maximum Gasteiger partial charge on any atom is 0.258 e. The van der Waals surface area contributed by atoms with Crippen LogP contribution in [0.2, 0.25) is 0 Å². The van der Waals surface area contributed by atoms with Crippen LogP contribution in [0.4, 0.5) is 11.5 Å². The van der Waals surface area contributed by atoms with E-state index in [2.05, 4.69) is 28.9 Å². The zero-order valence-electron chi connectivity index (χ0n) is 21.2. The fraction of sp³-hybridized carbons (Fsp3) is 0.464.